The van der Waals surface area contributed by atoms with Crippen LogP contribution >= 0.6 is 0 Å². The van der Waals surface area contributed by atoms with Crippen LogP contribution in [0.5, 0.6) is 11.5 Å². The van der Waals surface area contributed by atoms with E-state index in [1.807, 2.05) is 84.9 Å². The van der Waals surface area contributed by atoms with E-state index in [1.165, 1.54) is 13.2 Å². The second-order valence-corrected chi connectivity index (χ2v) is 8.97. The second-order valence-electron chi connectivity index (χ2n) is 8.97. The number of hydrogen-bond acceptors (Lipinski definition) is 5. The fourth-order valence-corrected chi connectivity index (χ4v) is 3.93. The van der Waals surface area contributed by atoms with Gasteiger partial charge < -0.3 is 20.1 Å². The van der Waals surface area contributed by atoms with E-state index >= 15 is 0 Å². The van der Waals surface area contributed by atoms with E-state index in [0.717, 1.165) is 22.4 Å². The van der Waals surface area contributed by atoms with E-state index in [-0.39, 0.29) is 11.8 Å². The fraction of sp³-hybridized carbons (Fsp3) is 0.121. The number of amides is 2. The van der Waals surface area contributed by atoms with Crippen LogP contribution in [0.3, 0.4) is 0 Å². The summed E-state index contributed by atoms with van der Waals surface area (Å²) in [6.45, 7) is 0.293. The minimum Gasteiger partial charge on any atom is -0.467 e. The highest BCUT2D eigenvalue weighted by molar-refractivity contribution is 5.97. The zero-order valence-corrected chi connectivity index (χ0v) is 22.1. The molecule has 0 aromatic heterocycles. The summed E-state index contributed by atoms with van der Waals surface area (Å²) in [4.78, 5) is 37.4. The number of ether oxygens (including phenoxy) is 2. The van der Waals surface area contributed by atoms with E-state index in [0.29, 0.717) is 24.3 Å². The Morgan fingerprint density at radius 2 is 1.45 bits per heavy atom. The third kappa shape index (κ3) is 8.43. The summed E-state index contributed by atoms with van der Waals surface area (Å²) in [5.74, 6) is 0.262. The maximum atomic E-state index is 12.8. The fourth-order valence-electron chi connectivity index (χ4n) is 3.93. The summed E-state index contributed by atoms with van der Waals surface area (Å²) < 4.78 is 10.7. The van der Waals surface area contributed by atoms with Crippen LogP contribution in [0, 0.1) is 0 Å². The largest absolute Gasteiger partial charge is 0.467 e. The topological polar surface area (TPSA) is 93.7 Å². The molecule has 7 nitrogen and oxygen atoms in total. The lowest BCUT2D eigenvalue weighted by Crippen LogP contribution is -2.43. The Kier molecular flexibility index (Phi) is 9.83. The monoisotopic (exact) mass is 534 g/mol. The standard InChI is InChI=1S/C33H30N2O5/c1-39-33(38)30(22-24-9-4-2-5-10-24)35-32(37)27-18-15-26(16-19-27)23-34-31(36)20-17-25-11-8-14-29(21-25)40-28-12-6-3-7-13-28/h2-21,30H,22-23H2,1H3,(H,34,36)(H,35,37)/t30-/m0/s1. The van der Waals surface area contributed by atoms with Crippen LogP contribution in [0.1, 0.15) is 27.0 Å². The molecule has 2 N–H and O–H groups in total. The van der Waals surface area contributed by atoms with E-state index in [9.17, 15) is 14.4 Å². The van der Waals surface area contributed by atoms with Gasteiger partial charge >= 0.3 is 5.97 Å². The van der Waals surface area contributed by atoms with Crippen LogP contribution in [0.2, 0.25) is 0 Å². The van der Waals surface area contributed by atoms with E-state index < -0.39 is 12.0 Å². The third-order valence-corrected chi connectivity index (χ3v) is 6.02. The van der Waals surface area contributed by atoms with Gasteiger partial charge in [-0.15, -0.1) is 0 Å². The number of para-hydroxylation sites is 1. The second kappa shape index (κ2) is 14.1. The lowest BCUT2D eigenvalue weighted by Gasteiger charge is -2.17. The molecule has 0 aliphatic heterocycles. The van der Waals surface area contributed by atoms with Crippen molar-refractivity contribution in [2.75, 3.05) is 7.11 Å². The van der Waals surface area contributed by atoms with Gasteiger partial charge in [-0.05, 0) is 59.2 Å². The summed E-state index contributed by atoms with van der Waals surface area (Å²) >= 11 is 0. The van der Waals surface area contributed by atoms with Crippen molar-refractivity contribution in [2.45, 2.75) is 19.0 Å². The van der Waals surface area contributed by atoms with Crippen LogP contribution < -0.4 is 15.4 Å². The molecule has 0 bridgehead atoms. The minimum absolute atomic E-state index is 0.252. The molecule has 40 heavy (non-hydrogen) atoms. The molecule has 0 fully saturated rings. The van der Waals surface area contributed by atoms with Crippen molar-refractivity contribution in [3.63, 3.8) is 0 Å². The first-order valence-electron chi connectivity index (χ1n) is 12.8. The Morgan fingerprint density at radius 3 is 2.15 bits per heavy atom. The average Bonchev–Trinajstić information content (AvgIpc) is 2.99. The van der Waals surface area contributed by atoms with Crippen LogP contribution in [-0.2, 0) is 27.3 Å². The van der Waals surface area contributed by atoms with Crippen molar-refractivity contribution in [3.05, 3.63) is 138 Å². The van der Waals surface area contributed by atoms with Gasteiger partial charge in [0.1, 0.15) is 17.5 Å². The zero-order valence-electron chi connectivity index (χ0n) is 22.1. The van der Waals surface area contributed by atoms with Crippen molar-refractivity contribution in [3.8, 4) is 11.5 Å². The number of carbonyl (C=O) groups excluding carboxylic acids is 3. The van der Waals surface area contributed by atoms with Gasteiger partial charge in [0.2, 0.25) is 5.91 Å². The molecule has 0 radical (unpaired) electrons. The molecule has 4 aromatic carbocycles. The number of carbonyl (C=O) groups is 3. The molecule has 0 unspecified atom stereocenters. The summed E-state index contributed by atoms with van der Waals surface area (Å²) in [5, 5.41) is 5.59. The molecule has 7 heteroatoms. The van der Waals surface area contributed by atoms with Gasteiger partial charge in [-0.25, -0.2) is 4.79 Å². The predicted molar refractivity (Wildman–Crippen MR) is 154 cm³/mol. The van der Waals surface area contributed by atoms with Gasteiger partial charge in [0.05, 0.1) is 7.11 Å². The summed E-state index contributed by atoms with van der Waals surface area (Å²) in [6.07, 6.45) is 3.50. The predicted octanol–water partition coefficient (Wildman–Crippen LogP) is 5.32. The van der Waals surface area contributed by atoms with Gasteiger partial charge in [0, 0.05) is 24.6 Å². The molecule has 0 saturated carbocycles. The van der Waals surface area contributed by atoms with Gasteiger partial charge in [0.25, 0.3) is 5.91 Å². The van der Waals surface area contributed by atoms with Crippen LogP contribution in [-0.4, -0.2) is 30.9 Å². The van der Waals surface area contributed by atoms with Crippen molar-refractivity contribution in [1.82, 2.24) is 10.6 Å². The van der Waals surface area contributed by atoms with Crippen molar-refractivity contribution in [1.29, 1.82) is 0 Å². The maximum Gasteiger partial charge on any atom is 0.328 e. The Hall–Kier alpha value is -5.17. The number of rotatable bonds is 11. The molecular weight excluding hydrogens is 504 g/mol. The molecule has 0 heterocycles. The Bertz CT molecular complexity index is 1450. The minimum atomic E-state index is -0.809. The molecule has 4 aromatic rings. The van der Waals surface area contributed by atoms with Crippen molar-refractivity contribution >= 4 is 23.9 Å². The number of esters is 1. The highest BCUT2D eigenvalue weighted by Gasteiger charge is 2.22. The molecule has 4 rings (SSSR count). The highest BCUT2D eigenvalue weighted by Crippen LogP contribution is 2.22. The third-order valence-electron chi connectivity index (χ3n) is 6.02. The molecule has 0 saturated heterocycles. The number of nitrogens with one attached hydrogen (secondary N) is 2. The maximum absolute atomic E-state index is 12.8. The smallest absolute Gasteiger partial charge is 0.328 e. The summed E-state index contributed by atoms with van der Waals surface area (Å²) in [7, 11) is 1.29. The summed E-state index contributed by atoms with van der Waals surface area (Å²) in [6, 6.07) is 32.4. The molecule has 0 aliphatic carbocycles. The molecular formula is C33H30N2O5. The highest BCUT2D eigenvalue weighted by atomic mass is 16.5. The normalized spacial score (nSPS) is 11.4. The molecule has 202 valence electrons. The van der Waals surface area contributed by atoms with Gasteiger partial charge in [0.15, 0.2) is 0 Å². The molecule has 0 aliphatic rings. The Balaban J connectivity index is 1.28. The number of methoxy groups -OCH3 is 1. The Morgan fingerprint density at radius 1 is 0.775 bits per heavy atom. The summed E-state index contributed by atoms with van der Waals surface area (Å²) in [5.41, 5.74) is 2.96. The lowest BCUT2D eigenvalue weighted by atomic mass is 10.0. The SMILES string of the molecule is COC(=O)[C@H](Cc1ccccc1)NC(=O)c1ccc(CNC(=O)C=Cc2cccc(Oc3ccccc3)c2)cc1. The van der Waals surface area contributed by atoms with Crippen LogP contribution in [0.15, 0.2) is 115 Å². The number of hydrogen-bond donors (Lipinski definition) is 2. The van der Waals surface area contributed by atoms with Crippen molar-refractivity contribution < 1.29 is 23.9 Å². The zero-order chi connectivity index (χ0) is 28.2. The van der Waals surface area contributed by atoms with Crippen LogP contribution in [0.4, 0.5) is 0 Å². The first kappa shape index (κ1) is 27.9. The van der Waals surface area contributed by atoms with E-state index in [1.54, 1.807) is 30.3 Å². The van der Waals surface area contributed by atoms with Crippen LogP contribution in [0.25, 0.3) is 6.08 Å². The average molecular weight is 535 g/mol. The molecule has 2 amide bonds. The Labute approximate surface area is 233 Å². The van der Waals surface area contributed by atoms with Crippen molar-refractivity contribution in [2.24, 2.45) is 0 Å². The van der Waals surface area contributed by atoms with Gasteiger partial charge in [-0.2, -0.15) is 0 Å². The van der Waals surface area contributed by atoms with E-state index in [2.05, 4.69) is 10.6 Å². The molecule has 1 atom stereocenters. The molecule has 0 spiro atoms. The quantitative estimate of drug-likeness (QED) is 0.201. The first-order chi connectivity index (χ1) is 19.5. The first-order valence-corrected chi connectivity index (χ1v) is 12.8. The van der Waals surface area contributed by atoms with Gasteiger partial charge in [-0.3, -0.25) is 9.59 Å². The van der Waals surface area contributed by atoms with E-state index in [4.69, 9.17) is 9.47 Å². The van der Waals surface area contributed by atoms with Gasteiger partial charge in [-0.1, -0.05) is 72.8 Å². The number of benzene rings is 4. The lowest BCUT2D eigenvalue weighted by molar-refractivity contribution is -0.142.